The van der Waals surface area contributed by atoms with Crippen LogP contribution in [-0.2, 0) is 22.5 Å². The van der Waals surface area contributed by atoms with Gasteiger partial charge >= 0.3 is 0 Å². The van der Waals surface area contributed by atoms with Crippen LogP contribution in [0, 0.1) is 3.57 Å². The van der Waals surface area contributed by atoms with Crippen molar-refractivity contribution >= 4 is 28.4 Å². The van der Waals surface area contributed by atoms with Crippen LogP contribution in [0.25, 0.3) is 0 Å². The summed E-state index contributed by atoms with van der Waals surface area (Å²) in [7, 11) is 3.39. The number of methoxy groups -OCH3 is 2. The normalized spacial score (nSPS) is 10.7. The maximum atomic E-state index is 5.20. The van der Waals surface area contributed by atoms with Crippen molar-refractivity contribution < 1.29 is 9.47 Å². The minimum Gasteiger partial charge on any atom is -0.385 e. The molecule has 0 radical (unpaired) electrons. The van der Waals surface area contributed by atoms with E-state index in [2.05, 4.69) is 44.8 Å². The summed E-state index contributed by atoms with van der Waals surface area (Å²) < 4.78 is 11.3. The molecule has 6 heteroatoms. The summed E-state index contributed by atoms with van der Waals surface area (Å²) in [5.41, 5.74) is 0.948. The van der Waals surface area contributed by atoms with E-state index in [9.17, 15) is 0 Å². The molecule has 1 heterocycles. The molecular formula is C13H22IN3O2. The fourth-order valence-corrected chi connectivity index (χ4v) is 2.21. The Labute approximate surface area is 128 Å². The van der Waals surface area contributed by atoms with Crippen LogP contribution in [0.15, 0.2) is 0 Å². The highest BCUT2D eigenvalue weighted by Crippen LogP contribution is 2.20. The Kier molecular flexibility index (Phi) is 8.24. The van der Waals surface area contributed by atoms with Crippen molar-refractivity contribution in [3.05, 3.63) is 15.1 Å². The lowest BCUT2D eigenvalue weighted by atomic mass is 10.3. The van der Waals surface area contributed by atoms with Crippen LogP contribution >= 0.6 is 22.6 Å². The Morgan fingerprint density at radius 1 is 1.21 bits per heavy atom. The molecule has 0 atom stereocenters. The van der Waals surface area contributed by atoms with Crippen molar-refractivity contribution in [1.29, 1.82) is 0 Å². The summed E-state index contributed by atoms with van der Waals surface area (Å²) in [6.07, 6.45) is 2.82. The van der Waals surface area contributed by atoms with Gasteiger partial charge in [0.05, 0.1) is 15.9 Å². The van der Waals surface area contributed by atoms with E-state index < -0.39 is 0 Å². The summed E-state index contributed by atoms with van der Waals surface area (Å²) in [6, 6.07) is 0. The topological polar surface area (TPSA) is 56.3 Å². The molecule has 0 bridgehead atoms. The van der Waals surface area contributed by atoms with Crippen LogP contribution < -0.4 is 5.32 Å². The van der Waals surface area contributed by atoms with Gasteiger partial charge in [0, 0.05) is 33.8 Å². The molecule has 1 rings (SSSR count). The van der Waals surface area contributed by atoms with Crippen LogP contribution in [0.5, 0.6) is 0 Å². The van der Waals surface area contributed by atoms with Gasteiger partial charge in [0.15, 0.2) is 0 Å². The van der Waals surface area contributed by atoms with Crippen molar-refractivity contribution in [3.8, 4) is 0 Å². The fourth-order valence-electron chi connectivity index (χ4n) is 1.62. The molecule has 0 aliphatic heterocycles. The molecule has 1 N–H and O–H groups in total. The minimum atomic E-state index is 0.513. The van der Waals surface area contributed by atoms with Gasteiger partial charge in [0.2, 0.25) is 0 Å². The quantitative estimate of drug-likeness (QED) is 0.528. The van der Waals surface area contributed by atoms with Crippen molar-refractivity contribution in [1.82, 2.24) is 9.97 Å². The Bertz CT molecular complexity index is 388. The molecule has 0 amide bonds. The van der Waals surface area contributed by atoms with Crippen LogP contribution in [0.4, 0.5) is 5.82 Å². The van der Waals surface area contributed by atoms with Gasteiger partial charge in [0.1, 0.15) is 11.6 Å². The van der Waals surface area contributed by atoms with Crippen molar-refractivity contribution in [2.24, 2.45) is 0 Å². The predicted octanol–water partition coefficient (Wildman–Crippen LogP) is 2.63. The van der Waals surface area contributed by atoms with E-state index in [1.54, 1.807) is 14.2 Å². The standard InChI is InChI=1S/C13H22IN3O2/c1-4-7-15-13-12(14)10(9-19-3)16-11(17-13)6-5-8-18-2/h4-9H2,1-3H3,(H,15,16,17). The number of nitrogens with zero attached hydrogens (tertiary/aromatic N) is 2. The summed E-state index contributed by atoms with van der Waals surface area (Å²) in [6.45, 7) is 4.29. The van der Waals surface area contributed by atoms with Crippen LogP contribution in [-0.4, -0.2) is 37.3 Å². The molecule has 19 heavy (non-hydrogen) atoms. The molecule has 1 aromatic rings. The fraction of sp³-hybridized carbons (Fsp3) is 0.692. The summed E-state index contributed by atoms with van der Waals surface area (Å²) in [5, 5.41) is 3.35. The zero-order valence-corrected chi connectivity index (χ0v) is 14.0. The second kappa shape index (κ2) is 9.44. The Hall–Kier alpha value is -0.470. The second-order valence-corrected chi connectivity index (χ2v) is 5.28. The highest BCUT2D eigenvalue weighted by atomic mass is 127. The van der Waals surface area contributed by atoms with Crippen molar-refractivity contribution in [2.45, 2.75) is 32.8 Å². The van der Waals surface area contributed by atoms with Crippen LogP contribution in [0.2, 0.25) is 0 Å². The number of hydrogen-bond donors (Lipinski definition) is 1. The molecule has 1 aromatic heterocycles. The van der Waals surface area contributed by atoms with E-state index in [1.165, 1.54) is 0 Å². The number of anilines is 1. The first kappa shape index (κ1) is 16.6. The molecule has 0 aliphatic carbocycles. The highest BCUT2D eigenvalue weighted by Gasteiger charge is 2.11. The van der Waals surface area contributed by atoms with Crippen molar-refractivity contribution in [3.63, 3.8) is 0 Å². The predicted molar refractivity (Wildman–Crippen MR) is 84.4 cm³/mol. The number of aromatic nitrogens is 2. The van der Waals surface area contributed by atoms with Gasteiger partial charge in [-0.05, 0) is 35.4 Å². The third-order valence-corrected chi connectivity index (χ3v) is 3.67. The largest absolute Gasteiger partial charge is 0.385 e. The molecule has 0 aliphatic rings. The number of rotatable bonds is 9. The van der Waals surface area contributed by atoms with E-state index >= 15 is 0 Å². The van der Waals surface area contributed by atoms with Gasteiger partial charge in [-0.1, -0.05) is 6.92 Å². The molecule has 0 fully saturated rings. The molecule has 5 nitrogen and oxygen atoms in total. The zero-order valence-electron chi connectivity index (χ0n) is 11.8. The maximum Gasteiger partial charge on any atom is 0.143 e. The van der Waals surface area contributed by atoms with E-state index in [4.69, 9.17) is 9.47 Å². The Balaban J connectivity index is 2.87. The van der Waals surface area contributed by atoms with E-state index in [1.807, 2.05) is 0 Å². The monoisotopic (exact) mass is 379 g/mol. The summed E-state index contributed by atoms with van der Waals surface area (Å²) >= 11 is 2.27. The van der Waals surface area contributed by atoms with Gasteiger partial charge in [0.25, 0.3) is 0 Å². The number of aryl methyl sites for hydroxylation is 1. The number of nitrogens with one attached hydrogen (secondary N) is 1. The number of ether oxygens (including phenoxy) is 2. The average molecular weight is 379 g/mol. The molecule has 0 unspecified atom stereocenters. The van der Waals surface area contributed by atoms with Crippen LogP contribution in [0.3, 0.4) is 0 Å². The van der Waals surface area contributed by atoms with Gasteiger partial charge < -0.3 is 14.8 Å². The molecule has 108 valence electrons. The van der Waals surface area contributed by atoms with Crippen LogP contribution in [0.1, 0.15) is 31.3 Å². The lowest BCUT2D eigenvalue weighted by molar-refractivity contribution is 0.180. The van der Waals surface area contributed by atoms with Crippen molar-refractivity contribution in [2.75, 3.05) is 32.7 Å². The first-order valence-electron chi connectivity index (χ1n) is 6.50. The highest BCUT2D eigenvalue weighted by molar-refractivity contribution is 14.1. The molecule has 0 saturated carbocycles. The average Bonchev–Trinajstić information content (AvgIpc) is 2.41. The first-order valence-corrected chi connectivity index (χ1v) is 7.57. The third-order valence-electron chi connectivity index (χ3n) is 2.54. The molecule has 0 saturated heterocycles. The Morgan fingerprint density at radius 2 is 2.00 bits per heavy atom. The van der Waals surface area contributed by atoms with Gasteiger partial charge in [-0.2, -0.15) is 0 Å². The van der Waals surface area contributed by atoms with E-state index in [0.29, 0.717) is 6.61 Å². The molecular weight excluding hydrogens is 357 g/mol. The smallest absolute Gasteiger partial charge is 0.143 e. The summed E-state index contributed by atoms with van der Waals surface area (Å²) in [5.74, 6) is 1.76. The SMILES string of the molecule is CCCNc1nc(CCCOC)nc(COC)c1I. The number of halogens is 1. The lowest BCUT2D eigenvalue weighted by Gasteiger charge is -2.12. The second-order valence-electron chi connectivity index (χ2n) is 4.21. The summed E-state index contributed by atoms with van der Waals surface area (Å²) in [4.78, 5) is 9.15. The zero-order chi connectivity index (χ0) is 14.1. The van der Waals surface area contributed by atoms with Gasteiger partial charge in [-0.25, -0.2) is 9.97 Å². The van der Waals surface area contributed by atoms with E-state index in [-0.39, 0.29) is 0 Å². The Morgan fingerprint density at radius 3 is 2.63 bits per heavy atom. The maximum absolute atomic E-state index is 5.20. The van der Waals surface area contributed by atoms with Gasteiger partial charge in [-0.3, -0.25) is 0 Å². The van der Waals surface area contributed by atoms with E-state index in [0.717, 1.165) is 53.3 Å². The lowest BCUT2D eigenvalue weighted by Crippen LogP contribution is -2.11. The third kappa shape index (κ3) is 5.58. The minimum absolute atomic E-state index is 0.513. The molecule has 0 aromatic carbocycles. The molecule has 0 spiro atoms. The van der Waals surface area contributed by atoms with Gasteiger partial charge in [-0.15, -0.1) is 0 Å². The first-order chi connectivity index (χ1) is 9.22. The number of hydrogen-bond acceptors (Lipinski definition) is 5.